The molecule has 0 unspecified atom stereocenters. The van der Waals surface area contributed by atoms with E-state index in [1.54, 1.807) is 0 Å². The minimum absolute atomic E-state index is 0. The second-order valence-electron chi connectivity index (χ2n) is 12.8. The van der Waals surface area contributed by atoms with Crippen LogP contribution < -0.4 is 0 Å². The van der Waals surface area contributed by atoms with Gasteiger partial charge in [-0.25, -0.2) is 4.99 Å². The molecule has 2 aromatic carbocycles. The Morgan fingerprint density at radius 2 is 1.06 bits per heavy atom. The van der Waals surface area contributed by atoms with Crippen molar-refractivity contribution in [2.45, 2.75) is 163 Å². The average molecular weight is 694 g/mol. The Morgan fingerprint density at radius 1 is 0.562 bits per heavy atom. The summed E-state index contributed by atoms with van der Waals surface area (Å²) in [4.78, 5) is 10.7. The van der Waals surface area contributed by atoms with E-state index in [9.17, 15) is 0 Å². The molecular weight excluding hydrogens is 627 g/mol. The predicted octanol–water partition coefficient (Wildman–Crippen LogP) is 14.2. The Balaban J connectivity index is 0.0000115. The zero-order valence-corrected chi connectivity index (χ0v) is 32.0. The number of nitrogens with zero attached hydrogens (tertiary/aromatic N) is 2. The number of para-hydroxylation sites is 2. The maximum absolute atomic E-state index is 5.36. The molecule has 0 spiro atoms. The number of unbranched alkanes of at least 4 members (excludes halogenated alkanes) is 12. The van der Waals surface area contributed by atoms with Gasteiger partial charge in [0.15, 0.2) is 0 Å². The fourth-order valence-corrected chi connectivity index (χ4v) is 5.72. The molecule has 0 bridgehead atoms. The van der Waals surface area contributed by atoms with Crippen LogP contribution in [0.2, 0.25) is 0 Å². The molecule has 3 heteroatoms. The van der Waals surface area contributed by atoms with Crippen molar-refractivity contribution in [1.29, 1.82) is 0 Å². The standard InChI is InChI=1S/C45H66N2.Ni/c1-5-9-13-16-17-18-19-20-21-24-27-39-45(47-43-38-31-29-35-41(43)33-26-23-15-11-7-3)44(36-12-8-4)46-42-37-30-28-34-40(42)32-25-22-14-10-6-2;/h10-11,14-15,28-31,34-35,37-38H,5-9,12-13,16-26,32-33,36H2,1-4H3;/b14-10+,15-11+,46-44+,47-45+;. The summed E-state index contributed by atoms with van der Waals surface area (Å²) in [5.41, 5.74) is 6.61. The first-order chi connectivity index (χ1) is 23.2. The number of hydrogen-bond acceptors (Lipinski definition) is 2. The number of aliphatic imine (C=N–C) groups is 2. The predicted molar refractivity (Wildman–Crippen MR) is 211 cm³/mol. The Labute approximate surface area is 306 Å². The van der Waals surface area contributed by atoms with Crippen LogP contribution in [0.3, 0.4) is 0 Å². The molecular formula is C45H66N2Ni. The molecule has 0 fully saturated rings. The monoisotopic (exact) mass is 692 g/mol. The van der Waals surface area contributed by atoms with Crippen LogP contribution in [0.1, 0.15) is 161 Å². The minimum Gasteiger partial charge on any atom is -0.250 e. The maximum Gasteiger partial charge on any atom is 0.135 e. The first-order valence-electron chi connectivity index (χ1n) is 19.3. The van der Waals surface area contributed by atoms with Crippen molar-refractivity contribution in [3.63, 3.8) is 0 Å². The molecule has 0 aliphatic heterocycles. The molecule has 0 saturated carbocycles. The Morgan fingerprint density at radius 3 is 1.60 bits per heavy atom. The van der Waals surface area contributed by atoms with Crippen LogP contribution in [-0.2, 0) is 29.3 Å². The molecule has 48 heavy (non-hydrogen) atoms. The van der Waals surface area contributed by atoms with Crippen molar-refractivity contribution in [3.8, 4) is 11.8 Å². The average Bonchev–Trinajstić information content (AvgIpc) is 3.09. The normalized spacial score (nSPS) is 12.0. The molecule has 0 aliphatic carbocycles. The Kier molecular flexibility index (Phi) is 27.4. The number of rotatable bonds is 25. The van der Waals surface area contributed by atoms with Crippen LogP contribution in [0.5, 0.6) is 0 Å². The van der Waals surface area contributed by atoms with Gasteiger partial charge in [0.05, 0.1) is 17.1 Å². The van der Waals surface area contributed by atoms with E-state index in [-0.39, 0.29) is 16.5 Å². The van der Waals surface area contributed by atoms with Gasteiger partial charge >= 0.3 is 0 Å². The fraction of sp³-hybridized carbons (Fsp3) is 0.556. The van der Waals surface area contributed by atoms with Gasteiger partial charge < -0.3 is 0 Å². The number of allylic oxidation sites excluding steroid dienone is 4. The number of benzene rings is 2. The van der Waals surface area contributed by atoms with Gasteiger partial charge in [-0.2, -0.15) is 0 Å². The van der Waals surface area contributed by atoms with Gasteiger partial charge in [0, 0.05) is 22.9 Å². The van der Waals surface area contributed by atoms with E-state index < -0.39 is 0 Å². The molecule has 0 aliphatic rings. The van der Waals surface area contributed by atoms with Crippen LogP contribution in [0.15, 0.2) is 82.8 Å². The molecule has 0 heterocycles. The zero-order valence-electron chi connectivity index (χ0n) is 31.0. The van der Waals surface area contributed by atoms with Crippen LogP contribution in [-0.4, -0.2) is 11.4 Å². The molecule has 2 aromatic rings. The first-order valence-corrected chi connectivity index (χ1v) is 19.3. The van der Waals surface area contributed by atoms with E-state index in [1.807, 2.05) is 0 Å². The van der Waals surface area contributed by atoms with Crippen LogP contribution in [0.4, 0.5) is 11.4 Å². The van der Waals surface area contributed by atoms with E-state index in [0.717, 1.165) is 106 Å². The topological polar surface area (TPSA) is 24.7 Å². The third-order valence-electron chi connectivity index (χ3n) is 8.56. The molecule has 0 amide bonds. The summed E-state index contributed by atoms with van der Waals surface area (Å²) in [6.07, 6.45) is 33.8. The summed E-state index contributed by atoms with van der Waals surface area (Å²) < 4.78 is 0. The van der Waals surface area contributed by atoms with Crippen LogP contribution in [0.25, 0.3) is 0 Å². The molecule has 0 saturated heterocycles. The van der Waals surface area contributed by atoms with E-state index >= 15 is 0 Å². The fourth-order valence-electron chi connectivity index (χ4n) is 5.72. The van der Waals surface area contributed by atoms with Crippen molar-refractivity contribution in [2.24, 2.45) is 9.98 Å². The van der Waals surface area contributed by atoms with Crippen LogP contribution in [0, 0.1) is 11.8 Å². The van der Waals surface area contributed by atoms with Gasteiger partial charge in [-0.3, -0.25) is 4.99 Å². The van der Waals surface area contributed by atoms with E-state index in [2.05, 4.69) is 112 Å². The Bertz CT molecular complexity index is 1270. The molecule has 2 rings (SSSR count). The van der Waals surface area contributed by atoms with Crippen molar-refractivity contribution in [2.75, 3.05) is 0 Å². The third kappa shape index (κ3) is 20.0. The molecule has 0 aromatic heterocycles. The van der Waals surface area contributed by atoms with Gasteiger partial charge in [0.25, 0.3) is 0 Å². The second kappa shape index (κ2) is 30.4. The summed E-state index contributed by atoms with van der Waals surface area (Å²) in [5.74, 6) is 7.11. The van der Waals surface area contributed by atoms with Crippen molar-refractivity contribution in [1.82, 2.24) is 0 Å². The summed E-state index contributed by atoms with van der Waals surface area (Å²) in [7, 11) is 0. The summed E-state index contributed by atoms with van der Waals surface area (Å²) in [6.45, 7) is 8.93. The third-order valence-corrected chi connectivity index (χ3v) is 8.56. The quantitative estimate of drug-likeness (QED) is 0.0325. The molecule has 266 valence electrons. The van der Waals surface area contributed by atoms with Gasteiger partial charge in [0.2, 0.25) is 0 Å². The first kappa shape index (κ1) is 43.3. The smallest absolute Gasteiger partial charge is 0.135 e. The van der Waals surface area contributed by atoms with Crippen molar-refractivity contribution >= 4 is 22.8 Å². The van der Waals surface area contributed by atoms with E-state index in [4.69, 9.17) is 9.98 Å². The summed E-state index contributed by atoms with van der Waals surface area (Å²) in [6, 6.07) is 17.3. The van der Waals surface area contributed by atoms with Crippen LogP contribution >= 0.6 is 0 Å². The molecule has 0 atom stereocenters. The maximum atomic E-state index is 5.36. The molecule has 0 N–H and O–H groups in total. The van der Waals surface area contributed by atoms with Gasteiger partial charge in [-0.05, 0) is 99.8 Å². The van der Waals surface area contributed by atoms with Crippen molar-refractivity contribution < 1.29 is 16.5 Å². The van der Waals surface area contributed by atoms with Gasteiger partial charge in [0.1, 0.15) is 5.71 Å². The number of aryl methyl sites for hydroxylation is 2. The Hall–Kier alpha value is -2.69. The van der Waals surface area contributed by atoms with E-state index in [1.165, 1.54) is 62.5 Å². The molecule has 2 nitrogen and oxygen atoms in total. The van der Waals surface area contributed by atoms with Crippen molar-refractivity contribution in [3.05, 3.63) is 84.0 Å². The van der Waals surface area contributed by atoms with E-state index in [0.29, 0.717) is 0 Å². The zero-order chi connectivity index (χ0) is 33.6. The van der Waals surface area contributed by atoms with Gasteiger partial charge in [-0.15, -0.1) is 0 Å². The number of hydrogen-bond donors (Lipinski definition) is 0. The minimum atomic E-state index is 0. The largest absolute Gasteiger partial charge is 0.250 e. The van der Waals surface area contributed by atoms with Gasteiger partial charge in [-0.1, -0.05) is 152 Å². The SMILES string of the molecule is CC/C=C/CCCc1ccccc1/N=C(C#CCCCCCCCCCCC)/C(CCCC)=N/c1ccccc1CCC/C=C/CC.[Ni]. The molecule has 0 radical (unpaired) electrons. The second-order valence-corrected chi connectivity index (χ2v) is 12.8. The summed E-state index contributed by atoms with van der Waals surface area (Å²) in [5, 5.41) is 0. The summed E-state index contributed by atoms with van der Waals surface area (Å²) >= 11 is 0.